The van der Waals surface area contributed by atoms with Crippen molar-refractivity contribution in [1.82, 2.24) is 4.90 Å². The van der Waals surface area contributed by atoms with Crippen molar-refractivity contribution in [2.45, 2.75) is 17.6 Å². The quantitative estimate of drug-likeness (QED) is 0.557. The maximum atomic E-state index is 13.1. The SMILES string of the molecule is O=C1[C@H]2CS[C@H](c3ccc(C(F)(F)F)cc3)N2C(=O)N1c1ccc(F)cc1. The second kappa shape index (κ2) is 6.26. The van der Waals surface area contributed by atoms with Gasteiger partial charge in [-0.1, -0.05) is 12.1 Å². The van der Waals surface area contributed by atoms with E-state index in [9.17, 15) is 27.2 Å². The number of alkyl halides is 3. The summed E-state index contributed by atoms with van der Waals surface area (Å²) in [5, 5.41) is -0.556. The number of rotatable bonds is 2. The van der Waals surface area contributed by atoms with Crippen LogP contribution in [0.5, 0.6) is 0 Å². The van der Waals surface area contributed by atoms with Gasteiger partial charge in [-0.2, -0.15) is 13.2 Å². The molecule has 0 saturated carbocycles. The second-order valence-corrected chi connectivity index (χ2v) is 7.27. The molecule has 2 aliphatic rings. The molecule has 0 bridgehead atoms. The number of benzene rings is 2. The fraction of sp³-hybridized carbons (Fsp3) is 0.222. The molecule has 3 amide bonds. The largest absolute Gasteiger partial charge is 0.416 e. The highest BCUT2D eigenvalue weighted by Gasteiger charge is 2.53. The number of thioether (sulfide) groups is 1. The van der Waals surface area contributed by atoms with Crippen LogP contribution in [0, 0.1) is 5.82 Å². The van der Waals surface area contributed by atoms with Crippen molar-refractivity contribution >= 4 is 29.4 Å². The van der Waals surface area contributed by atoms with E-state index in [1.807, 2.05) is 0 Å². The molecule has 2 aromatic rings. The van der Waals surface area contributed by atoms with E-state index >= 15 is 0 Å². The van der Waals surface area contributed by atoms with Crippen LogP contribution in [0.2, 0.25) is 0 Å². The first-order valence-electron chi connectivity index (χ1n) is 7.98. The predicted molar refractivity (Wildman–Crippen MR) is 91.6 cm³/mol. The van der Waals surface area contributed by atoms with Gasteiger partial charge in [-0.05, 0) is 42.0 Å². The lowest BCUT2D eigenvalue weighted by Crippen LogP contribution is -2.33. The van der Waals surface area contributed by atoms with Gasteiger partial charge in [0.15, 0.2) is 0 Å². The van der Waals surface area contributed by atoms with E-state index in [2.05, 4.69) is 0 Å². The summed E-state index contributed by atoms with van der Waals surface area (Å²) in [6, 6.07) is 8.30. The summed E-state index contributed by atoms with van der Waals surface area (Å²) in [5.74, 6) is -0.571. The molecule has 2 aromatic carbocycles. The van der Waals surface area contributed by atoms with Crippen molar-refractivity contribution in [3.05, 3.63) is 65.5 Å². The standard InChI is InChI=1S/C18H12F4N2O2S/c19-12-5-7-13(8-6-12)23-15(25)14-9-27-16(24(14)17(23)26)10-1-3-11(4-2-10)18(20,21)22/h1-8,14,16H,9H2/t14-,16-/m1/s1. The van der Waals surface area contributed by atoms with Gasteiger partial charge < -0.3 is 0 Å². The van der Waals surface area contributed by atoms with E-state index in [0.717, 1.165) is 29.2 Å². The van der Waals surface area contributed by atoms with Crippen LogP contribution in [0.4, 0.5) is 28.0 Å². The number of hydrogen-bond donors (Lipinski definition) is 0. The molecule has 2 saturated heterocycles. The Balaban J connectivity index is 1.63. The van der Waals surface area contributed by atoms with Gasteiger partial charge in [0.05, 0.1) is 11.3 Å². The minimum Gasteiger partial charge on any atom is -0.295 e. The first-order valence-corrected chi connectivity index (χ1v) is 9.03. The second-order valence-electron chi connectivity index (χ2n) is 6.16. The van der Waals surface area contributed by atoms with Crippen molar-refractivity contribution in [2.24, 2.45) is 0 Å². The summed E-state index contributed by atoms with van der Waals surface area (Å²) in [6.45, 7) is 0. The summed E-state index contributed by atoms with van der Waals surface area (Å²) < 4.78 is 51.4. The van der Waals surface area contributed by atoms with Gasteiger partial charge in [0, 0.05) is 5.75 Å². The minimum absolute atomic E-state index is 0.261. The van der Waals surface area contributed by atoms with Gasteiger partial charge in [-0.25, -0.2) is 14.1 Å². The van der Waals surface area contributed by atoms with Crippen molar-refractivity contribution in [3.8, 4) is 0 Å². The molecule has 0 N–H and O–H groups in total. The Hall–Kier alpha value is -2.55. The number of halogens is 4. The Labute approximate surface area is 155 Å². The molecule has 0 aliphatic carbocycles. The fourth-order valence-electron chi connectivity index (χ4n) is 3.21. The van der Waals surface area contributed by atoms with E-state index < -0.39 is 40.9 Å². The van der Waals surface area contributed by atoms with Crippen LogP contribution in [0.3, 0.4) is 0 Å². The van der Waals surface area contributed by atoms with Gasteiger partial charge in [0.1, 0.15) is 17.2 Å². The molecule has 27 heavy (non-hydrogen) atoms. The highest BCUT2D eigenvalue weighted by Crippen LogP contribution is 2.46. The Morgan fingerprint density at radius 1 is 0.963 bits per heavy atom. The molecule has 0 aromatic heterocycles. The van der Waals surface area contributed by atoms with E-state index in [1.165, 1.54) is 40.9 Å². The van der Waals surface area contributed by atoms with Crippen molar-refractivity contribution in [1.29, 1.82) is 0 Å². The normalized spacial score (nSPS) is 22.5. The lowest BCUT2D eigenvalue weighted by Gasteiger charge is -2.23. The first-order chi connectivity index (χ1) is 12.8. The van der Waals surface area contributed by atoms with Crippen molar-refractivity contribution in [2.75, 3.05) is 10.7 Å². The van der Waals surface area contributed by atoms with Crippen molar-refractivity contribution < 1.29 is 27.2 Å². The third-order valence-corrected chi connectivity index (χ3v) is 5.85. The number of nitrogens with zero attached hydrogens (tertiary/aromatic N) is 2. The molecule has 2 fully saturated rings. The summed E-state index contributed by atoms with van der Waals surface area (Å²) in [6.07, 6.45) is -4.44. The molecular formula is C18H12F4N2O2S. The van der Waals surface area contributed by atoms with Gasteiger partial charge in [-0.15, -0.1) is 11.8 Å². The van der Waals surface area contributed by atoms with Gasteiger partial charge in [0.25, 0.3) is 5.91 Å². The van der Waals surface area contributed by atoms with Crippen LogP contribution in [0.25, 0.3) is 0 Å². The number of amides is 3. The van der Waals surface area contributed by atoms with E-state index in [1.54, 1.807) is 0 Å². The summed E-state index contributed by atoms with van der Waals surface area (Å²) >= 11 is 1.32. The molecule has 2 atom stereocenters. The Morgan fingerprint density at radius 3 is 2.19 bits per heavy atom. The number of anilines is 1. The smallest absolute Gasteiger partial charge is 0.295 e. The van der Waals surface area contributed by atoms with Crippen LogP contribution in [-0.2, 0) is 11.0 Å². The van der Waals surface area contributed by atoms with E-state index in [-0.39, 0.29) is 5.69 Å². The molecule has 9 heteroatoms. The molecule has 0 radical (unpaired) electrons. The van der Waals surface area contributed by atoms with Crippen LogP contribution in [-0.4, -0.2) is 28.6 Å². The Bertz CT molecular complexity index is 899. The number of urea groups is 1. The molecular weight excluding hydrogens is 384 g/mol. The maximum Gasteiger partial charge on any atom is 0.416 e. The molecule has 0 spiro atoms. The summed E-state index contributed by atoms with van der Waals surface area (Å²) in [5.41, 5.74) is -0.00265. The lowest BCUT2D eigenvalue weighted by atomic mass is 10.1. The molecule has 0 unspecified atom stereocenters. The number of carbonyl (C=O) groups is 2. The topological polar surface area (TPSA) is 40.6 Å². The maximum absolute atomic E-state index is 13.1. The molecule has 2 aliphatic heterocycles. The molecule has 4 nitrogen and oxygen atoms in total. The monoisotopic (exact) mass is 396 g/mol. The third-order valence-electron chi connectivity index (χ3n) is 4.53. The fourth-order valence-corrected chi connectivity index (χ4v) is 4.63. The first kappa shape index (κ1) is 17.8. The average Bonchev–Trinajstić information content (AvgIpc) is 3.16. The number of hydrogen-bond acceptors (Lipinski definition) is 3. The zero-order valence-corrected chi connectivity index (χ0v) is 14.4. The van der Waals surface area contributed by atoms with E-state index in [4.69, 9.17) is 0 Å². The van der Waals surface area contributed by atoms with Gasteiger partial charge >= 0.3 is 12.2 Å². The average molecular weight is 396 g/mol. The Morgan fingerprint density at radius 2 is 1.59 bits per heavy atom. The lowest BCUT2D eigenvalue weighted by molar-refractivity contribution is -0.137. The molecule has 140 valence electrons. The van der Waals surface area contributed by atoms with E-state index in [0.29, 0.717) is 11.3 Å². The Kier molecular flexibility index (Phi) is 4.14. The predicted octanol–water partition coefficient (Wildman–Crippen LogP) is 4.43. The number of fused-ring (bicyclic) bond motifs is 1. The highest BCUT2D eigenvalue weighted by molar-refractivity contribution is 7.99. The third kappa shape index (κ3) is 2.95. The van der Waals surface area contributed by atoms with Crippen LogP contribution in [0.1, 0.15) is 16.5 Å². The van der Waals surface area contributed by atoms with Crippen LogP contribution in [0.15, 0.2) is 48.5 Å². The number of carbonyl (C=O) groups excluding carboxylic acids is 2. The number of imide groups is 1. The molecule has 2 heterocycles. The molecule has 4 rings (SSSR count). The van der Waals surface area contributed by atoms with Crippen molar-refractivity contribution in [3.63, 3.8) is 0 Å². The zero-order chi connectivity index (χ0) is 19.3. The summed E-state index contributed by atoms with van der Waals surface area (Å²) in [4.78, 5) is 27.9. The van der Waals surface area contributed by atoms with Gasteiger partial charge in [-0.3, -0.25) is 9.69 Å². The van der Waals surface area contributed by atoms with Gasteiger partial charge in [0.2, 0.25) is 0 Å². The highest BCUT2D eigenvalue weighted by atomic mass is 32.2. The minimum atomic E-state index is -4.44. The van der Waals surface area contributed by atoms with Crippen LogP contribution < -0.4 is 4.90 Å². The summed E-state index contributed by atoms with van der Waals surface area (Å²) in [7, 11) is 0. The zero-order valence-electron chi connectivity index (χ0n) is 13.6. The van der Waals surface area contributed by atoms with Crippen LogP contribution >= 0.6 is 11.8 Å².